The van der Waals surface area contributed by atoms with E-state index in [9.17, 15) is 14.7 Å². The van der Waals surface area contributed by atoms with Gasteiger partial charge in [0, 0.05) is 17.8 Å². The Balaban J connectivity index is 1.77. The van der Waals surface area contributed by atoms with Crippen molar-refractivity contribution in [1.82, 2.24) is 14.4 Å². The van der Waals surface area contributed by atoms with Gasteiger partial charge in [0.2, 0.25) is 0 Å². The number of aryl methyl sites for hydroxylation is 2. The van der Waals surface area contributed by atoms with Crippen LogP contribution in [0.3, 0.4) is 0 Å². The van der Waals surface area contributed by atoms with E-state index in [4.69, 9.17) is 0 Å². The summed E-state index contributed by atoms with van der Waals surface area (Å²) >= 11 is 1.27. The lowest BCUT2D eigenvalue weighted by Crippen LogP contribution is -2.29. The van der Waals surface area contributed by atoms with E-state index < -0.39 is 17.7 Å². The molecule has 5 rings (SSSR count). The summed E-state index contributed by atoms with van der Waals surface area (Å²) in [5.41, 5.74) is 3.50. The SMILES string of the molecule is CCc1ccc(C2C(=C(O)c3c(C)nc4ccccn34)C(=O)C(=O)N2c2nccs2)cc1. The number of ketones is 1. The van der Waals surface area contributed by atoms with E-state index in [2.05, 4.69) is 16.9 Å². The second-order valence-electron chi connectivity index (χ2n) is 7.55. The number of aliphatic hydroxyl groups excluding tert-OH is 1. The molecule has 1 amide bonds. The Bertz CT molecular complexity index is 1370. The summed E-state index contributed by atoms with van der Waals surface area (Å²) in [7, 11) is 0. The largest absolute Gasteiger partial charge is 0.505 e. The van der Waals surface area contributed by atoms with E-state index in [0.717, 1.165) is 17.5 Å². The van der Waals surface area contributed by atoms with Crippen molar-refractivity contribution in [2.45, 2.75) is 26.3 Å². The van der Waals surface area contributed by atoms with Gasteiger partial charge in [0.05, 0.1) is 17.3 Å². The molecule has 1 saturated heterocycles. The number of aromatic nitrogens is 3. The molecule has 0 saturated carbocycles. The van der Waals surface area contributed by atoms with Gasteiger partial charge in [-0.25, -0.2) is 9.97 Å². The monoisotopic (exact) mass is 444 g/mol. The highest BCUT2D eigenvalue weighted by Gasteiger charge is 2.48. The van der Waals surface area contributed by atoms with Crippen LogP contribution < -0.4 is 4.90 Å². The number of pyridine rings is 1. The lowest BCUT2D eigenvalue weighted by atomic mass is 9.95. The van der Waals surface area contributed by atoms with Crippen LogP contribution in [0.5, 0.6) is 0 Å². The Morgan fingerprint density at radius 2 is 1.94 bits per heavy atom. The molecule has 0 bridgehead atoms. The minimum absolute atomic E-state index is 0.0307. The van der Waals surface area contributed by atoms with Crippen LogP contribution in [0, 0.1) is 6.92 Å². The van der Waals surface area contributed by atoms with E-state index in [1.54, 1.807) is 29.1 Å². The first-order valence-electron chi connectivity index (χ1n) is 10.2. The lowest BCUT2D eigenvalue weighted by Gasteiger charge is -2.23. The van der Waals surface area contributed by atoms with Crippen molar-refractivity contribution in [3.8, 4) is 0 Å². The van der Waals surface area contributed by atoms with Crippen molar-refractivity contribution in [3.63, 3.8) is 0 Å². The maximum Gasteiger partial charge on any atom is 0.301 e. The third-order valence-corrected chi connectivity index (χ3v) is 6.47. The van der Waals surface area contributed by atoms with Gasteiger partial charge < -0.3 is 5.11 Å². The molecule has 1 atom stereocenters. The highest BCUT2D eigenvalue weighted by molar-refractivity contribution is 7.14. The molecule has 1 aliphatic heterocycles. The zero-order valence-electron chi connectivity index (χ0n) is 17.5. The van der Waals surface area contributed by atoms with Crippen LogP contribution in [-0.4, -0.2) is 31.2 Å². The fourth-order valence-electron chi connectivity index (χ4n) is 4.14. The van der Waals surface area contributed by atoms with Crippen LogP contribution in [-0.2, 0) is 16.0 Å². The molecule has 8 heteroatoms. The molecular formula is C24H20N4O3S. The number of carbonyl (C=O) groups excluding carboxylic acids is 2. The van der Waals surface area contributed by atoms with Crippen LogP contribution in [0.4, 0.5) is 5.13 Å². The molecule has 4 aromatic rings. The van der Waals surface area contributed by atoms with Crippen molar-refractivity contribution >= 4 is 39.6 Å². The molecular weight excluding hydrogens is 424 g/mol. The minimum Gasteiger partial charge on any atom is -0.505 e. The van der Waals surface area contributed by atoms with Gasteiger partial charge in [-0.2, -0.15) is 0 Å². The Labute approximate surface area is 188 Å². The normalized spacial score (nSPS) is 18.1. The number of fused-ring (bicyclic) bond motifs is 1. The summed E-state index contributed by atoms with van der Waals surface area (Å²) in [6.07, 6.45) is 4.23. The molecule has 4 heterocycles. The Kier molecular flexibility index (Phi) is 4.86. The zero-order valence-corrected chi connectivity index (χ0v) is 18.3. The Morgan fingerprint density at radius 1 is 1.16 bits per heavy atom. The van der Waals surface area contributed by atoms with Crippen LogP contribution in [0.15, 0.2) is 65.8 Å². The molecule has 1 aliphatic rings. The summed E-state index contributed by atoms with van der Waals surface area (Å²) in [6, 6.07) is 12.4. The number of rotatable bonds is 4. The second kappa shape index (κ2) is 7.72. The van der Waals surface area contributed by atoms with E-state index in [-0.39, 0.29) is 11.3 Å². The number of hydrogen-bond acceptors (Lipinski definition) is 6. The standard InChI is InChI=1S/C24H20N4O3S/c1-3-15-7-9-16(10-8-15)20-18(22(30)23(31)28(20)24-25-11-13-32-24)21(29)19-14(2)26-17-6-4-5-12-27(17)19/h4-13,20,29H,3H2,1-2H3. The topological polar surface area (TPSA) is 87.8 Å². The number of amides is 1. The highest BCUT2D eigenvalue weighted by atomic mass is 32.1. The number of imidazole rings is 1. The van der Waals surface area contributed by atoms with E-state index in [0.29, 0.717) is 22.2 Å². The first-order valence-corrected chi connectivity index (χ1v) is 11.1. The molecule has 160 valence electrons. The number of Topliss-reactive ketones (excluding diaryl/α,β-unsaturated/α-hetero) is 1. The highest BCUT2D eigenvalue weighted by Crippen LogP contribution is 2.43. The van der Waals surface area contributed by atoms with Gasteiger partial charge in [-0.05, 0) is 36.6 Å². The molecule has 3 aromatic heterocycles. The number of aliphatic hydroxyl groups is 1. The average molecular weight is 445 g/mol. The molecule has 1 aromatic carbocycles. The summed E-state index contributed by atoms with van der Waals surface area (Å²) < 4.78 is 1.72. The predicted molar refractivity (Wildman–Crippen MR) is 123 cm³/mol. The Morgan fingerprint density at radius 3 is 2.62 bits per heavy atom. The van der Waals surface area contributed by atoms with Gasteiger partial charge in [-0.3, -0.25) is 18.9 Å². The van der Waals surface area contributed by atoms with Crippen LogP contribution in [0.25, 0.3) is 11.4 Å². The molecule has 0 radical (unpaired) electrons. The summed E-state index contributed by atoms with van der Waals surface area (Å²) in [5.74, 6) is -1.70. The van der Waals surface area contributed by atoms with Gasteiger partial charge >= 0.3 is 5.91 Å². The van der Waals surface area contributed by atoms with Crippen molar-refractivity contribution in [3.05, 3.63) is 88.3 Å². The third kappa shape index (κ3) is 3.03. The molecule has 1 unspecified atom stereocenters. The van der Waals surface area contributed by atoms with E-state index in [1.807, 2.05) is 42.5 Å². The minimum atomic E-state index is -0.791. The second-order valence-corrected chi connectivity index (χ2v) is 8.43. The lowest BCUT2D eigenvalue weighted by molar-refractivity contribution is -0.132. The van der Waals surface area contributed by atoms with E-state index in [1.165, 1.54) is 16.2 Å². The third-order valence-electron chi connectivity index (χ3n) is 5.70. The number of nitrogens with zero attached hydrogens (tertiary/aromatic N) is 4. The fraction of sp³-hybridized carbons (Fsp3) is 0.167. The maximum atomic E-state index is 13.2. The van der Waals surface area contributed by atoms with Gasteiger partial charge in [-0.15, -0.1) is 11.3 Å². The van der Waals surface area contributed by atoms with Crippen LogP contribution >= 0.6 is 11.3 Å². The molecule has 1 N–H and O–H groups in total. The summed E-state index contributed by atoms with van der Waals surface area (Å²) in [5, 5.41) is 13.6. The van der Waals surface area contributed by atoms with Crippen LogP contribution in [0.2, 0.25) is 0 Å². The van der Waals surface area contributed by atoms with Gasteiger partial charge in [0.1, 0.15) is 11.3 Å². The molecule has 0 aliphatic carbocycles. The first kappa shape index (κ1) is 20.1. The number of thiazole rings is 1. The summed E-state index contributed by atoms with van der Waals surface area (Å²) in [6.45, 7) is 3.83. The smallest absolute Gasteiger partial charge is 0.301 e. The van der Waals surface area contributed by atoms with Crippen molar-refractivity contribution < 1.29 is 14.7 Å². The van der Waals surface area contributed by atoms with Crippen LogP contribution in [0.1, 0.15) is 35.5 Å². The van der Waals surface area contributed by atoms with Gasteiger partial charge in [0.15, 0.2) is 10.9 Å². The van der Waals surface area contributed by atoms with Gasteiger partial charge in [0.25, 0.3) is 5.78 Å². The molecule has 7 nitrogen and oxygen atoms in total. The molecule has 1 fully saturated rings. The fourth-order valence-corrected chi connectivity index (χ4v) is 4.81. The van der Waals surface area contributed by atoms with Gasteiger partial charge in [-0.1, -0.05) is 37.3 Å². The summed E-state index contributed by atoms with van der Waals surface area (Å²) in [4.78, 5) is 36.5. The quantitative estimate of drug-likeness (QED) is 0.288. The van der Waals surface area contributed by atoms with E-state index >= 15 is 0 Å². The predicted octanol–water partition coefficient (Wildman–Crippen LogP) is 4.29. The Hall–Kier alpha value is -3.78. The average Bonchev–Trinajstić information content (AvgIpc) is 3.50. The number of benzene rings is 1. The number of carbonyl (C=O) groups is 2. The number of anilines is 1. The maximum absolute atomic E-state index is 13.2. The number of hydrogen-bond donors (Lipinski definition) is 1. The van der Waals surface area contributed by atoms with Crippen molar-refractivity contribution in [2.24, 2.45) is 0 Å². The first-order chi connectivity index (χ1) is 15.5. The molecule has 0 spiro atoms. The van der Waals surface area contributed by atoms with Crippen molar-refractivity contribution in [2.75, 3.05) is 4.90 Å². The zero-order chi connectivity index (χ0) is 22.4. The van der Waals surface area contributed by atoms with Crippen molar-refractivity contribution in [1.29, 1.82) is 0 Å². The molecule has 32 heavy (non-hydrogen) atoms.